The highest BCUT2D eigenvalue weighted by molar-refractivity contribution is 4.68. The van der Waals surface area contributed by atoms with Gasteiger partial charge < -0.3 is 10.1 Å². The summed E-state index contributed by atoms with van der Waals surface area (Å²) in [6, 6.07) is 0. The van der Waals surface area contributed by atoms with E-state index in [1.807, 2.05) is 0 Å². The third-order valence-corrected chi connectivity index (χ3v) is 3.97. The summed E-state index contributed by atoms with van der Waals surface area (Å²) in [7, 11) is 0. The first-order valence-corrected chi connectivity index (χ1v) is 7.65. The second-order valence-electron chi connectivity index (χ2n) is 5.49. The minimum absolute atomic E-state index is 0.791. The quantitative estimate of drug-likeness (QED) is 0.623. The molecule has 0 radical (unpaired) electrons. The molecule has 0 aromatic heterocycles. The van der Waals surface area contributed by atoms with Crippen molar-refractivity contribution >= 4 is 0 Å². The first-order valence-electron chi connectivity index (χ1n) is 7.65. The zero-order valence-corrected chi connectivity index (χ0v) is 11.8. The highest BCUT2D eigenvalue weighted by Crippen LogP contribution is 2.16. The molecule has 0 amide bonds. The second-order valence-corrected chi connectivity index (χ2v) is 5.49. The Morgan fingerprint density at radius 2 is 2.24 bits per heavy atom. The number of ether oxygens (including phenoxy) is 1. The molecule has 1 saturated heterocycles. The molecule has 102 valence electrons. The predicted molar refractivity (Wildman–Crippen MR) is 74.3 cm³/mol. The molecule has 2 unspecified atom stereocenters. The summed E-state index contributed by atoms with van der Waals surface area (Å²) < 4.78 is 5.86. The van der Waals surface area contributed by atoms with Gasteiger partial charge in [0.2, 0.25) is 0 Å². The van der Waals surface area contributed by atoms with Crippen LogP contribution in [-0.2, 0) is 4.74 Å². The Morgan fingerprint density at radius 1 is 1.35 bits per heavy atom. The van der Waals surface area contributed by atoms with Gasteiger partial charge in [-0.1, -0.05) is 33.1 Å². The maximum absolute atomic E-state index is 5.86. The molecule has 0 saturated carbocycles. The molecule has 1 fully saturated rings. The minimum atomic E-state index is 0.791. The van der Waals surface area contributed by atoms with Gasteiger partial charge in [0.15, 0.2) is 0 Å². The van der Waals surface area contributed by atoms with E-state index in [4.69, 9.17) is 4.74 Å². The van der Waals surface area contributed by atoms with Gasteiger partial charge >= 0.3 is 0 Å². The maximum atomic E-state index is 5.86. The Balaban J connectivity index is 1.97. The Hall–Kier alpha value is -0.0800. The SMILES string of the molecule is CCCCC(CC)COCCC1CCCNC1. The number of piperidine rings is 1. The van der Waals surface area contributed by atoms with Crippen molar-refractivity contribution in [2.45, 2.75) is 58.8 Å². The number of hydrogen-bond acceptors (Lipinski definition) is 2. The average molecular weight is 241 g/mol. The van der Waals surface area contributed by atoms with E-state index in [0.717, 1.165) is 25.0 Å². The smallest absolute Gasteiger partial charge is 0.0494 e. The van der Waals surface area contributed by atoms with Crippen LogP contribution < -0.4 is 5.32 Å². The molecule has 1 rings (SSSR count). The van der Waals surface area contributed by atoms with Crippen LogP contribution in [-0.4, -0.2) is 26.3 Å². The summed E-state index contributed by atoms with van der Waals surface area (Å²) in [5.41, 5.74) is 0. The first-order chi connectivity index (χ1) is 8.36. The predicted octanol–water partition coefficient (Wildman–Crippen LogP) is 3.61. The van der Waals surface area contributed by atoms with Crippen LogP contribution >= 0.6 is 0 Å². The van der Waals surface area contributed by atoms with Gasteiger partial charge in [-0.3, -0.25) is 0 Å². The molecule has 0 aromatic rings. The van der Waals surface area contributed by atoms with Gasteiger partial charge in [0.25, 0.3) is 0 Å². The summed E-state index contributed by atoms with van der Waals surface area (Å²) in [5.74, 6) is 1.65. The van der Waals surface area contributed by atoms with E-state index in [9.17, 15) is 0 Å². The lowest BCUT2D eigenvalue weighted by Crippen LogP contribution is -2.30. The molecule has 0 bridgehead atoms. The van der Waals surface area contributed by atoms with Crippen molar-refractivity contribution in [3.05, 3.63) is 0 Å². The van der Waals surface area contributed by atoms with E-state index in [0.29, 0.717) is 0 Å². The highest BCUT2D eigenvalue weighted by Gasteiger charge is 2.12. The van der Waals surface area contributed by atoms with Crippen LogP contribution in [0.4, 0.5) is 0 Å². The van der Waals surface area contributed by atoms with Crippen molar-refractivity contribution in [2.24, 2.45) is 11.8 Å². The lowest BCUT2D eigenvalue weighted by molar-refractivity contribution is 0.0810. The van der Waals surface area contributed by atoms with Crippen LogP contribution in [0.1, 0.15) is 58.8 Å². The number of nitrogens with one attached hydrogen (secondary N) is 1. The van der Waals surface area contributed by atoms with Gasteiger partial charge in [0.05, 0.1) is 0 Å². The monoisotopic (exact) mass is 241 g/mol. The summed E-state index contributed by atoms with van der Waals surface area (Å²) in [5, 5.41) is 3.47. The minimum Gasteiger partial charge on any atom is -0.381 e. The van der Waals surface area contributed by atoms with Crippen molar-refractivity contribution in [3.63, 3.8) is 0 Å². The van der Waals surface area contributed by atoms with Crippen molar-refractivity contribution in [2.75, 3.05) is 26.3 Å². The topological polar surface area (TPSA) is 21.3 Å². The molecule has 0 aliphatic carbocycles. The van der Waals surface area contributed by atoms with Crippen LogP contribution in [0.25, 0.3) is 0 Å². The Labute approximate surface area is 108 Å². The molecular formula is C15H31NO. The lowest BCUT2D eigenvalue weighted by atomic mass is 9.96. The van der Waals surface area contributed by atoms with Crippen molar-refractivity contribution in [3.8, 4) is 0 Å². The standard InChI is InChI=1S/C15H31NO/c1-3-5-7-14(4-2)13-17-11-9-15-8-6-10-16-12-15/h14-16H,3-13H2,1-2H3. The van der Waals surface area contributed by atoms with Gasteiger partial charge in [-0.2, -0.15) is 0 Å². The molecule has 0 aromatic carbocycles. The number of unbranched alkanes of at least 4 members (excludes halogenated alkanes) is 1. The first kappa shape index (κ1) is 15.0. The maximum Gasteiger partial charge on any atom is 0.0494 e. The van der Waals surface area contributed by atoms with Crippen LogP contribution in [0.15, 0.2) is 0 Å². The summed E-state index contributed by atoms with van der Waals surface area (Å²) >= 11 is 0. The van der Waals surface area contributed by atoms with Gasteiger partial charge in [0, 0.05) is 13.2 Å². The molecule has 1 N–H and O–H groups in total. The molecule has 2 nitrogen and oxygen atoms in total. The second kappa shape index (κ2) is 9.90. The molecule has 2 heteroatoms. The molecule has 17 heavy (non-hydrogen) atoms. The van der Waals surface area contributed by atoms with E-state index in [2.05, 4.69) is 19.2 Å². The zero-order chi connectivity index (χ0) is 12.3. The summed E-state index contributed by atoms with van der Waals surface area (Å²) in [6.07, 6.45) is 9.26. The van der Waals surface area contributed by atoms with Crippen LogP contribution in [0, 0.1) is 11.8 Å². The molecule has 0 spiro atoms. The fourth-order valence-electron chi connectivity index (χ4n) is 2.57. The van der Waals surface area contributed by atoms with Gasteiger partial charge in [0.1, 0.15) is 0 Å². The van der Waals surface area contributed by atoms with E-state index >= 15 is 0 Å². The van der Waals surface area contributed by atoms with Crippen molar-refractivity contribution < 1.29 is 4.74 Å². The molecule has 1 aliphatic heterocycles. The fourth-order valence-corrected chi connectivity index (χ4v) is 2.57. The Bertz CT molecular complexity index is 166. The van der Waals surface area contributed by atoms with Gasteiger partial charge in [-0.05, 0) is 50.6 Å². The van der Waals surface area contributed by atoms with E-state index in [1.165, 1.54) is 58.0 Å². The largest absolute Gasteiger partial charge is 0.381 e. The number of hydrogen-bond donors (Lipinski definition) is 1. The van der Waals surface area contributed by atoms with Crippen LogP contribution in [0.2, 0.25) is 0 Å². The Kier molecular flexibility index (Phi) is 8.72. The molecular weight excluding hydrogens is 210 g/mol. The highest BCUT2D eigenvalue weighted by atomic mass is 16.5. The zero-order valence-electron chi connectivity index (χ0n) is 11.8. The Morgan fingerprint density at radius 3 is 2.88 bits per heavy atom. The molecule has 2 atom stereocenters. The summed E-state index contributed by atoms with van der Waals surface area (Å²) in [6.45, 7) is 8.92. The van der Waals surface area contributed by atoms with E-state index < -0.39 is 0 Å². The summed E-state index contributed by atoms with van der Waals surface area (Å²) in [4.78, 5) is 0. The van der Waals surface area contributed by atoms with E-state index in [-0.39, 0.29) is 0 Å². The van der Waals surface area contributed by atoms with Crippen LogP contribution in [0.5, 0.6) is 0 Å². The number of rotatable bonds is 9. The van der Waals surface area contributed by atoms with E-state index in [1.54, 1.807) is 0 Å². The fraction of sp³-hybridized carbons (Fsp3) is 1.00. The lowest BCUT2D eigenvalue weighted by Gasteiger charge is -2.23. The normalized spacial score (nSPS) is 22.6. The molecule has 1 heterocycles. The van der Waals surface area contributed by atoms with Crippen LogP contribution in [0.3, 0.4) is 0 Å². The van der Waals surface area contributed by atoms with Gasteiger partial charge in [-0.15, -0.1) is 0 Å². The van der Waals surface area contributed by atoms with Crippen molar-refractivity contribution in [1.29, 1.82) is 0 Å². The molecule has 1 aliphatic rings. The third kappa shape index (κ3) is 7.05. The third-order valence-electron chi connectivity index (χ3n) is 3.97. The van der Waals surface area contributed by atoms with Crippen molar-refractivity contribution in [1.82, 2.24) is 5.32 Å². The average Bonchev–Trinajstić information content (AvgIpc) is 2.39. The van der Waals surface area contributed by atoms with Gasteiger partial charge in [-0.25, -0.2) is 0 Å².